The Labute approximate surface area is 114 Å². The number of nitro groups is 1. The van der Waals surface area contributed by atoms with Gasteiger partial charge in [-0.05, 0) is 35.9 Å². The molecule has 0 atom stereocenters. The molecule has 6 heteroatoms. The van der Waals surface area contributed by atoms with Crippen LogP contribution in [-0.2, 0) is 9.53 Å². The Kier molecular flexibility index (Phi) is 3.95. The summed E-state index contributed by atoms with van der Waals surface area (Å²) in [4.78, 5) is 21.9. The van der Waals surface area contributed by atoms with Gasteiger partial charge in [-0.1, -0.05) is 0 Å². The number of esters is 1. The Morgan fingerprint density at radius 2 is 2.00 bits per heavy atom. The molecule has 0 saturated carbocycles. The van der Waals surface area contributed by atoms with Gasteiger partial charge in [0.2, 0.25) is 0 Å². The number of carbonyl (C=O) groups is 1. The molecule has 1 aromatic heterocycles. The number of hydrogen-bond acceptors (Lipinski definition) is 5. The number of methoxy groups -OCH3 is 1. The molecule has 0 spiro atoms. The maximum Gasteiger partial charge on any atom is 0.338 e. The first-order chi connectivity index (χ1) is 9.61. The second-order valence-electron chi connectivity index (χ2n) is 3.87. The maximum atomic E-state index is 11.8. The first-order valence-electron chi connectivity index (χ1n) is 5.70. The van der Waals surface area contributed by atoms with Crippen LogP contribution in [-0.4, -0.2) is 18.0 Å². The van der Waals surface area contributed by atoms with Gasteiger partial charge in [-0.15, -0.1) is 0 Å². The van der Waals surface area contributed by atoms with Gasteiger partial charge in [-0.3, -0.25) is 10.1 Å². The van der Waals surface area contributed by atoms with E-state index in [0.717, 1.165) is 0 Å². The monoisotopic (exact) mass is 273 g/mol. The van der Waals surface area contributed by atoms with E-state index >= 15 is 0 Å². The molecule has 6 nitrogen and oxygen atoms in total. The third-order valence-electron chi connectivity index (χ3n) is 2.62. The smallest absolute Gasteiger partial charge is 0.338 e. The number of hydrogen-bond donors (Lipinski definition) is 0. The number of carbonyl (C=O) groups excluding carboxylic acids is 1. The van der Waals surface area contributed by atoms with Crippen LogP contribution in [0.25, 0.3) is 11.6 Å². The van der Waals surface area contributed by atoms with Crippen LogP contribution in [0, 0.1) is 10.1 Å². The summed E-state index contributed by atoms with van der Waals surface area (Å²) in [5, 5.41) is 10.6. The standard InChI is InChI=1S/C14H11NO5/c1-19-14(16)13(9-12-3-2-8-20-12)10-4-6-11(7-5-10)15(17)18/h2-9H,1H3/b13-9+. The van der Waals surface area contributed by atoms with E-state index < -0.39 is 10.9 Å². The Morgan fingerprint density at radius 3 is 2.50 bits per heavy atom. The normalized spacial score (nSPS) is 11.2. The molecule has 0 radical (unpaired) electrons. The van der Waals surface area contributed by atoms with E-state index in [1.807, 2.05) is 0 Å². The van der Waals surface area contributed by atoms with E-state index in [1.54, 1.807) is 12.1 Å². The molecule has 102 valence electrons. The summed E-state index contributed by atoms with van der Waals surface area (Å²) in [6.07, 6.45) is 3.00. The number of rotatable bonds is 4. The van der Waals surface area contributed by atoms with E-state index in [9.17, 15) is 14.9 Å². The molecule has 0 aliphatic heterocycles. The number of ether oxygens (including phenoxy) is 1. The minimum Gasteiger partial charge on any atom is -0.465 e. The minimum atomic E-state index is -0.546. The summed E-state index contributed by atoms with van der Waals surface area (Å²) in [5.74, 6) is -0.0565. The van der Waals surface area contributed by atoms with Crippen molar-refractivity contribution in [1.82, 2.24) is 0 Å². The second kappa shape index (κ2) is 5.83. The van der Waals surface area contributed by atoms with E-state index in [0.29, 0.717) is 11.3 Å². The molecule has 2 aromatic rings. The minimum absolute atomic E-state index is 0.0454. The van der Waals surface area contributed by atoms with Gasteiger partial charge in [0.1, 0.15) is 5.76 Å². The molecule has 0 bridgehead atoms. The van der Waals surface area contributed by atoms with Gasteiger partial charge in [0.15, 0.2) is 0 Å². The van der Waals surface area contributed by atoms with Gasteiger partial charge in [0, 0.05) is 12.1 Å². The van der Waals surface area contributed by atoms with E-state index in [-0.39, 0.29) is 11.3 Å². The lowest BCUT2D eigenvalue weighted by Crippen LogP contribution is -2.03. The van der Waals surface area contributed by atoms with Gasteiger partial charge in [0.05, 0.1) is 23.9 Å². The summed E-state index contributed by atoms with van der Waals surface area (Å²) >= 11 is 0. The zero-order chi connectivity index (χ0) is 14.5. The lowest BCUT2D eigenvalue weighted by molar-refractivity contribution is -0.384. The molecule has 2 rings (SSSR count). The first-order valence-corrected chi connectivity index (χ1v) is 5.70. The van der Waals surface area contributed by atoms with Crippen molar-refractivity contribution < 1.29 is 18.9 Å². The Balaban J connectivity index is 2.41. The van der Waals surface area contributed by atoms with Crippen molar-refractivity contribution in [3.05, 3.63) is 64.1 Å². The van der Waals surface area contributed by atoms with Gasteiger partial charge in [-0.2, -0.15) is 0 Å². The van der Waals surface area contributed by atoms with Crippen LogP contribution >= 0.6 is 0 Å². The Hall–Kier alpha value is -2.89. The van der Waals surface area contributed by atoms with Gasteiger partial charge in [-0.25, -0.2) is 4.79 Å². The van der Waals surface area contributed by atoms with Crippen LogP contribution in [0.4, 0.5) is 5.69 Å². The molecule has 0 N–H and O–H groups in total. The number of nitro benzene ring substituents is 1. The third-order valence-corrected chi connectivity index (χ3v) is 2.62. The summed E-state index contributed by atoms with van der Waals surface area (Å²) in [6.45, 7) is 0. The Morgan fingerprint density at radius 1 is 1.30 bits per heavy atom. The highest BCUT2D eigenvalue weighted by atomic mass is 16.6. The zero-order valence-electron chi connectivity index (χ0n) is 10.6. The van der Waals surface area contributed by atoms with Crippen LogP contribution in [0.3, 0.4) is 0 Å². The summed E-state index contributed by atoms with van der Waals surface area (Å²) in [5.41, 5.74) is 0.729. The van der Waals surface area contributed by atoms with Crippen LogP contribution in [0.5, 0.6) is 0 Å². The van der Waals surface area contributed by atoms with E-state index in [1.165, 1.54) is 43.7 Å². The molecular weight excluding hydrogens is 262 g/mol. The quantitative estimate of drug-likeness (QED) is 0.370. The highest BCUT2D eigenvalue weighted by Gasteiger charge is 2.14. The molecule has 20 heavy (non-hydrogen) atoms. The predicted molar refractivity (Wildman–Crippen MR) is 71.7 cm³/mol. The van der Waals surface area contributed by atoms with Crippen molar-refractivity contribution in [2.75, 3.05) is 7.11 Å². The maximum absolute atomic E-state index is 11.8. The lowest BCUT2D eigenvalue weighted by atomic mass is 10.0. The van der Waals surface area contributed by atoms with Crippen LogP contribution in [0.2, 0.25) is 0 Å². The van der Waals surface area contributed by atoms with Crippen LogP contribution in [0.15, 0.2) is 47.1 Å². The SMILES string of the molecule is COC(=O)/C(=C/c1ccco1)c1ccc([N+](=O)[O-])cc1. The molecule has 1 aromatic carbocycles. The van der Waals surface area contributed by atoms with Crippen LogP contribution in [0.1, 0.15) is 11.3 Å². The highest BCUT2D eigenvalue weighted by Crippen LogP contribution is 2.22. The second-order valence-corrected chi connectivity index (χ2v) is 3.87. The Bertz CT molecular complexity index is 641. The molecule has 0 unspecified atom stereocenters. The summed E-state index contributed by atoms with van der Waals surface area (Å²) in [7, 11) is 1.27. The molecule has 0 aliphatic rings. The summed E-state index contributed by atoms with van der Waals surface area (Å²) in [6, 6.07) is 9.01. The topological polar surface area (TPSA) is 82.6 Å². The largest absolute Gasteiger partial charge is 0.465 e. The average molecular weight is 273 g/mol. The van der Waals surface area contributed by atoms with Gasteiger partial charge < -0.3 is 9.15 Å². The molecule has 0 aliphatic carbocycles. The molecule has 1 heterocycles. The van der Waals surface area contributed by atoms with E-state index in [4.69, 9.17) is 9.15 Å². The number of non-ortho nitro benzene ring substituents is 1. The zero-order valence-corrected chi connectivity index (χ0v) is 10.6. The van der Waals surface area contributed by atoms with Gasteiger partial charge in [0.25, 0.3) is 5.69 Å². The number of nitrogens with zero attached hydrogens (tertiary/aromatic N) is 1. The fraction of sp³-hybridized carbons (Fsp3) is 0.0714. The van der Waals surface area contributed by atoms with Gasteiger partial charge >= 0.3 is 5.97 Å². The lowest BCUT2D eigenvalue weighted by Gasteiger charge is -2.05. The van der Waals surface area contributed by atoms with Crippen molar-refractivity contribution in [2.45, 2.75) is 0 Å². The molecule has 0 saturated heterocycles. The number of benzene rings is 1. The van der Waals surface area contributed by atoms with Crippen molar-refractivity contribution >= 4 is 23.3 Å². The molecule has 0 amide bonds. The number of furan rings is 1. The van der Waals surface area contributed by atoms with Crippen molar-refractivity contribution in [1.29, 1.82) is 0 Å². The fourth-order valence-corrected chi connectivity index (χ4v) is 1.65. The molecule has 0 fully saturated rings. The molecular formula is C14H11NO5. The highest BCUT2D eigenvalue weighted by molar-refractivity contribution is 6.21. The predicted octanol–water partition coefficient (Wildman–Crippen LogP) is 2.90. The van der Waals surface area contributed by atoms with E-state index in [2.05, 4.69) is 0 Å². The average Bonchev–Trinajstić information content (AvgIpc) is 2.97. The third kappa shape index (κ3) is 2.92. The summed E-state index contributed by atoms with van der Waals surface area (Å²) < 4.78 is 9.86. The fourth-order valence-electron chi connectivity index (χ4n) is 1.65. The van der Waals surface area contributed by atoms with Crippen LogP contribution < -0.4 is 0 Å². The van der Waals surface area contributed by atoms with Crippen molar-refractivity contribution in [2.24, 2.45) is 0 Å². The first kappa shape index (κ1) is 13.5. The van der Waals surface area contributed by atoms with Crippen molar-refractivity contribution in [3.63, 3.8) is 0 Å². The van der Waals surface area contributed by atoms with Crippen molar-refractivity contribution in [3.8, 4) is 0 Å².